The average Bonchev–Trinajstić information content (AvgIpc) is 3.18. The first-order chi connectivity index (χ1) is 23.7. The Bertz CT molecular complexity index is 2330. The number of rotatable bonds is 6. The molecular weight excluding hydrogens is 585 g/mol. The summed E-state index contributed by atoms with van der Waals surface area (Å²) >= 11 is 0. The minimum absolute atomic E-state index is 0.571. The van der Waals surface area contributed by atoms with Crippen LogP contribution in [0.4, 0.5) is 0 Å². The van der Waals surface area contributed by atoms with Crippen molar-refractivity contribution < 1.29 is 0 Å². The van der Waals surface area contributed by atoms with Crippen molar-refractivity contribution in [3.63, 3.8) is 0 Å². The summed E-state index contributed by atoms with van der Waals surface area (Å²) < 4.78 is 0. The van der Waals surface area contributed by atoms with E-state index in [-0.39, 0.29) is 0 Å². The molecule has 0 saturated heterocycles. The molecule has 0 N–H and O–H groups in total. The summed E-state index contributed by atoms with van der Waals surface area (Å²) in [6, 6.07) is 59.7. The largest absolute Gasteiger partial charge is 0.248 e. The van der Waals surface area contributed by atoms with Crippen LogP contribution < -0.4 is 0 Å². The van der Waals surface area contributed by atoms with Gasteiger partial charge in [-0.1, -0.05) is 133 Å². The van der Waals surface area contributed by atoms with Crippen molar-refractivity contribution in [1.82, 2.24) is 15.0 Å². The molecule has 8 rings (SSSR count). The Labute approximate surface area is 279 Å². The SMILES string of the molecule is N#Cc1cccc(-c2nc3ccccc3nc2-c2cc(-c3ccc(-c4ccccc4)cc3)nc(-c3ccc(-c4ccccc4)cc3)c2)c1. The van der Waals surface area contributed by atoms with Gasteiger partial charge in [-0.3, -0.25) is 0 Å². The third-order valence-electron chi connectivity index (χ3n) is 8.51. The number of nitriles is 1. The molecule has 224 valence electrons. The number of para-hydroxylation sites is 2. The maximum absolute atomic E-state index is 9.68. The van der Waals surface area contributed by atoms with Crippen LogP contribution in [0.1, 0.15) is 5.56 Å². The number of aromatic nitrogens is 3. The topological polar surface area (TPSA) is 62.5 Å². The molecular formula is C44H28N4. The third kappa shape index (κ3) is 5.73. The van der Waals surface area contributed by atoms with Crippen LogP contribution >= 0.6 is 0 Å². The van der Waals surface area contributed by atoms with Crippen LogP contribution in [0, 0.1) is 11.3 Å². The van der Waals surface area contributed by atoms with Gasteiger partial charge in [0, 0.05) is 22.3 Å². The number of hydrogen-bond acceptors (Lipinski definition) is 4. The van der Waals surface area contributed by atoms with Gasteiger partial charge in [-0.05, 0) is 58.7 Å². The molecule has 8 aromatic rings. The van der Waals surface area contributed by atoms with E-state index in [1.165, 1.54) is 11.1 Å². The number of fused-ring (bicyclic) bond motifs is 1. The van der Waals surface area contributed by atoms with Gasteiger partial charge in [0.2, 0.25) is 0 Å². The molecule has 0 radical (unpaired) electrons. The molecule has 0 aliphatic rings. The lowest BCUT2D eigenvalue weighted by molar-refractivity contribution is 1.27. The van der Waals surface area contributed by atoms with Gasteiger partial charge < -0.3 is 0 Å². The van der Waals surface area contributed by atoms with Crippen molar-refractivity contribution in [2.24, 2.45) is 0 Å². The van der Waals surface area contributed by atoms with Crippen molar-refractivity contribution in [3.8, 4) is 73.4 Å². The lowest BCUT2D eigenvalue weighted by Crippen LogP contribution is -1.98. The second kappa shape index (κ2) is 12.6. The molecule has 0 bridgehead atoms. The minimum atomic E-state index is 0.571. The Morgan fingerprint density at radius 2 is 0.750 bits per heavy atom. The summed E-state index contributed by atoms with van der Waals surface area (Å²) in [7, 11) is 0. The van der Waals surface area contributed by atoms with E-state index in [1.54, 1.807) is 6.07 Å². The Morgan fingerprint density at radius 1 is 0.333 bits per heavy atom. The van der Waals surface area contributed by atoms with Crippen molar-refractivity contribution in [2.75, 3.05) is 0 Å². The summed E-state index contributed by atoms with van der Waals surface area (Å²) in [5.74, 6) is 0. The van der Waals surface area contributed by atoms with E-state index in [9.17, 15) is 5.26 Å². The molecule has 4 heteroatoms. The summed E-state index contributed by atoms with van der Waals surface area (Å²) in [5, 5.41) is 9.68. The standard InChI is InChI=1S/C44H28N4/c45-29-30-10-9-15-37(26-30)43-44(48-40-17-8-7-16-39(40)47-43)38-27-41(35-22-18-33(19-23-35)31-11-3-1-4-12-31)46-42(28-38)36-24-20-34(21-25-36)32-13-5-2-6-14-32/h1-28H. The zero-order valence-corrected chi connectivity index (χ0v) is 26.0. The van der Waals surface area contributed by atoms with Gasteiger partial charge in [-0.2, -0.15) is 5.26 Å². The van der Waals surface area contributed by atoms with Gasteiger partial charge in [-0.25, -0.2) is 15.0 Å². The fraction of sp³-hybridized carbons (Fsp3) is 0. The second-order valence-corrected chi connectivity index (χ2v) is 11.6. The molecule has 0 spiro atoms. The van der Waals surface area contributed by atoms with Crippen LogP contribution in [-0.4, -0.2) is 15.0 Å². The number of pyridine rings is 1. The first-order valence-corrected chi connectivity index (χ1v) is 15.8. The predicted molar refractivity (Wildman–Crippen MR) is 195 cm³/mol. The fourth-order valence-electron chi connectivity index (χ4n) is 6.03. The van der Waals surface area contributed by atoms with Gasteiger partial charge in [0.15, 0.2) is 0 Å². The lowest BCUT2D eigenvalue weighted by Gasteiger charge is -2.14. The van der Waals surface area contributed by atoms with Gasteiger partial charge in [0.25, 0.3) is 0 Å². The van der Waals surface area contributed by atoms with E-state index in [2.05, 4.69) is 115 Å². The summed E-state index contributed by atoms with van der Waals surface area (Å²) in [5.41, 5.74) is 13.6. The number of hydrogen-bond donors (Lipinski definition) is 0. The molecule has 2 aromatic heterocycles. The molecule has 0 saturated carbocycles. The van der Waals surface area contributed by atoms with Crippen LogP contribution in [0.2, 0.25) is 0 Å². The molecule has 2 heterocycles. The van der Waals surface area contributed by atoms with Crippen LogP contribution in [0.25, 0.3) is 78.3 Å². The molecule has 0 atom stereocenters. The Hall–Kier alpha value is -6.70. The maximum atomic E-state index is 9.68. The number of benzene rings is 6. The quantitative estimate of drug-likeness (QED) is 0.187. The molecule has 0 unspecified atom stereocenters. The zero-order valence-electron chi connectivity index (χ0n) is 26.0. The average molecular weight is 613 g/mol. The van der Waals surface area contributed by atoms with Crippen molar-refractivity contribution in [3.05, 3.63) is 175 Å². The van der Waals surface area contributed by atoms with E-state index in [1.807, 2.05) is 54.6 Å². The molecule has 4 nitrogen and oxygen atoms in total. The van der Waals surface area contributed by atoms with Crippen LogP contribution in [0.3, 0.4) is 0 Å². The molecule has 0 fully saturated rings. The third-order valence-corrected chi connectivity index (χ3v) is 8.51. The highest BCUT2D eigenvalue weighted by Gasteiger charge is 2.17. The van der Waals surface area contributed by atoms with Crippen LogP contribution in [0.15, 0.2) is 170 Å². The van der Waals surface area contributed by atoms with Crippen molar-refractivity contribution in [1.29, 1.82) is 5.26 Å². The highest BCUT2D eigenvalue weighted by atomic mass is 14.8. The molecule has 6 aromatic carbocycles. The fourth-order valence-corrected chi connectivity index (χ4v) is 6.03. The van der Waals surface area contributed by atoms with E-state index in [4.69, 9.17) is 15.0 Å². The Morgan fingerprint density at radius 3 is 1.25 bits per heavy atom. The minimum Gasteiger partial charge on any atom is -0.248 e. The van der Waals surface area contributed by atoms with Gasteiger partial charge >= 0.3 is 0 Å². The normalized spacial score (nSPS) is 10.9. The smallest absolute Gasteiger partial charge is 0.0991 e. The van der Waals surface area contributed by atoms with E-state index < -0.39 is 0 Å². The highest BCUT2D eigenvalue weighted by molar-refractivity contribution is 5.88. The molecule has 0 aliphatic carbocycles. The first-order valence-electron chi connectivity index (χ1n) is 15.8. The van der Waals surface area contributed by atoms with Gasteiger partial charge in [-0.15, -0.1) is 0 Å². The lowest BCUT2D eigenvalue weighted by atomic mass is 9.97. The van der Waals surface area contributed by atoms with Crippen LogP contribution in [-0.2, 0) is 0 Å². The number of nitrogens with zero attached hydrogens (tertiary/aromatic N) is 4. The van der Waals surface area contributed by atoms with E-state index in [0.29, 0.717) is 11.3 Å². The first kappa shape index (κ1) is 28.8. The molecule has 0 aliphatic heterocycles. The molecule has 48 heavy (non-hydrogen) atoms. The second-order valence-electron chi connectivity index (χ2n) is 11.6. The van der Waals surface area contributed by atoms with E-state index >= 15 is 0 Å². The monoisotopic (exact) mass is 612 g/mol. The predicted octanol–water partition coefficient (Wildman–Crippen LogP) is 10.9. The van der Waals surface area contributed by atoms with E-state index in [0.717, 1.165) is 61.5 Å². The maximum Gasteiger partial charge on any atom is 0.0991 e. The van der Waals surface area contributed by atoms with Crippen LogP contribution in [0.5, 0.6) is 0 Å². The highest BCUT2D eigenvalue weighted by Crippen LogP contribution is 2.36. The van der Waals surface area contributed by atoms with Crippen molar-refractivity contribution >= 4 is 11.0 Å². The summed E-state index contributed by atoms with van der Waals surface area (Å²) in [6.45, 7) is 0. The Kier molecular flexibility index (Phi) is 7.54. The van der Waals surface area contributed by atoms with Crippen molar-refractivity contribution in [2.45, 2.75) is 0 Å². The Balaban J connectivity index is 1.31. The van der Waals surface area contributed by atoms with Gasteiger partial charge in [0.05, 0.1) is 45.4 Å². The summed E-state index contributed by atoms with van der Waals surface area (Å²) in [4.78, 5) is 15.5. The summed E-state index contributed by atoms with van der Waals surface area (Å²) in [6.07, 6.45) is 0. The zero-order chi connectivity index (χ0) is 32.3. The van der Waals surface area contributed by atoms with Gasteiger partial charge in [0.1, 0.15) is 0 Å². The molecule has 0 amide bonds.